The molecule has 0 unspecified atom stereocenters. The molecule has 0 saturated heterocycles. The average Bonchev–Trinajstić information content (AvgIpc) is 3.21. The molecule has 0 aliphatic rings. The highest BCUT2D eigenvalue weighted by molar-refractivity contribution is 6.31. The van der Waals surface area contributed by atoms with Crippen molar-refractivity contribution in [2.24, 2.45) is 0 Å². The third-order valence-corrected chi connectivity index (χ3v) is 5.68. The van der Waals surface area contributed by atoms with Gasteiger partial charge in [-0.3, -0.25) is 14.4 Å². The van der Waals surface area contributed by atoms with Crippen molar-refractivity contribution in [3.63, 3.8) is 0 Å². The number of ketones is 3. The standard InChI is InChI=1S/3C13H18ClNO.3H2/c3*1-9(15-13(2,3)4)12(16)10-6-5-7-11(14)8-10;;;/h3*5-9,15H,1-4H3;3*1H/t3*9-;;;/m111.../s1/i2D3,3D3,4D3,5D,6D,7D,8D,9D;5D,6D,7D,8D,9D;2D3,3D3,4D3,9D;;;. The molecular formula is C39H60Cl3N3O3. The van der Waals surface area contributed by atoms with Crippen LogP contribution < -0.4 is 16.0 Å². The molecule has 48 heavy (non-hydrogen) atoms. The van der Waals surface area contributed by atoms with Gasteiger partial charge in [-0.15, -0.1) is 0 Å². The van der Waals surface area contributed by atoms with Crippen molar-refractivity contribution >= 4 is 52.2 Å². The van der Waals surface area contributed by atoms with Crippen LogP contribution in [0.3, 0.4) is 0 Å². The van der Waals surface area contributed by atoms with Crippen molar-refractivity contribution in [2.45, 2.75) is 117 Å². The third-order valence-electron chi connectivity index (χ3n) is 5.06. The van der Waals surface area contributed by atoms with Gasteiger partial charge in [0.2, 0.25) is 0 Å². The predicted molar refractivity (Wildman–Crippen MR) is 211 cm³/mol. The van der Waals surface area contributed by atoms with Crippen LogP contribution in [0.15, 0.2) is 72.6 Å². The van der Waals surface area contributed by atoms with E-state index in [2.05, 4.69) is 5.32 Å². The fourth-order valence-electron chi connectivity index (χ4n) is 3.39. The summed E-state index contributed by atoms with van der Waals surface area (Å²) in [4.78, 5) is 38.1. The second kappa shape index (κ2) is 19.0. The Morgan fingerprint density at radius 3 is 1.38 bits per heavy atom. The monoisotopic (exact) mass is 753 g/mol. The largest absolute Gasteiger partial charge is 0.303 e. The average molecular weight is 754 g/mol. The van der Waals surface area contributed by atoms with E-state index in [1.54, 1.807) is 26.1 Å². The van der Waals surface area contributed by atoms with Gasteiger partial charge in [0.25, 0.3) is 0 Å². The van der Waals surface area contributed by atoms with Crippen LogP contribution in [0.25, 0.3) is 0 Å². The SMILES string of the molecule is [2H]C([2H])([2H])C(N[C@]([2H])(C)C(=O)c1cccc(Cl)c1)(C([2H])([2H])[2H])C([2H])([2H])[2H].[2H]c1c([2H])c(Cl)c([2H])c(C(=O)[C@@]([2H])(C)NC(C([2H])([2H])[2H])(C([2H])([2H])[2H])C([2H])([2H])[2H])c1[2H].[2H]c1c([2H])c(Cl)c([2H])c(C(=O)[C@@]([2H])(C)NC(C)(C)C)c1[2H].[HH].[HH].[HH]. The molecule has 0 saturated carbocycles. The highest BCUT2D eigenvalue weighted by Crippen LogP contribution is 2.16. The molecule has 0 bridgehead atoms. The molecule has 0 amide bonds. The van der Waals surface area contributed by atoms with Crippen LogP contribution in [-0.4, -0.2) is 52.0 Å². The second-order valence-electron chi connectivity index (χ2n) is 10.9. The number of carbonyl (C=O) groups excluding carboxylic acids is 3. The molecule has 0 radical (unpaired) electrons. The van der Waals surface area contributed by atoms with Crippen LogP contribution in [0, 0.1) is 0 Å². The number of rotatable bonds is 9. The molecule has 3 N–H and O–H groups in total. The molecule has 3 atom stereocenters. The van der Waals surface area contributed by atoms with Gasteiger partial charge in [-0.05, 0) is 119 Å². The van der Waals surface area contributed by atoms with Gasteiger partial charge in [0.05, 0.1) is 33.1 Å². The van der Waals surface area contributed by atoms with Crippen molar-refractivity contribution in [3.8, 4) is 0 Å². The first-order valence-corrected chi connectivity index (χ1v) is 14.6. The summed E-state index contributed by atoms with van der Waals surface area (Å²) in [5.41, 5.74) is -9.20. The van der Waals surface area contributed by atoms with Crippen molar-refractivity contribution < 1.29 is 58.4 Å². The van der Waals surface area contributed by atoms with E-state index in [1.165, 1.54) is 31.2 Å². The molecule has 3 aromatic rings. The summed E-state index contributed by atoms with van der Waals surface area (Å²) in [5, 5.41) is 5.40. The lowest BCUT2D eigenvalue weighted by atomic mass is 10.0. The molecule has 0 aliphatic heterocycles. The Labute approximate surface area is 348 Å². The van der Waals surface area contributed by atoms with Gasteiger partial charge in [-0.25, -0.2) is 0 Å². The zero-order valence-corrected chi connectivity index (χ0v) is 28.9. The highest BCUT2D eigenvalue weighted by Gasteiger charge is 2.22. The van der Waals surface area contributed by atoms with Crippen LogP contribution in [0.5, 0.6) is 0 Å². The Kier molecular flexibility index (Phi) is 6.40. The minimum atomic E-state index is -3.75. The summed E-state index contributed by atoms with van der Waals surface area (Å²) in [6.07, 6.45) is 0. The lowest BCUT2D eigenvalue weighted by Crippen LogP contribution is -2.46. The molecular weight excluding hydrogens is 665 g/mol. The summed E-state index contributed by atoms with van der Waals surface area (Å²) in [5.74, 6) is -3.40. The molecule has 0 fully saturated rings. The van der Waals surface area contributed by atoms with E-state index in [4.69, 9.17) is 74.6 Å². The minimum Gasteiger partial charge on any atom is -0.303 e. The summed E-state index contributed by atoms with van der Waals surface area (Å²) in [6.45, 7) is -13.7. The van der Waals surface area contributed by atoms with E-state index in [0.29, 0.717) is 6.92 Å². The maximum atomic E-state index is 12.9. The first-order valence-electron chi connectivity index (χ1n) is 28.0. The number of nitrogens with one attached hydrogen (secondary N) is 3. The Hall–Kier alpha value is -2.58. The van der Waals surface area contributed by atoms with Gasteiger partial charge in [0.15, 0.2) is 17.3 Å². The van der Waals surface area contributed by atoms with Gasteiger partial charge in [0, 0.05) is 77.3 Å². The summed E-state index contributed by atoms with van der Waals surface area (Å²) in [7, 11) is 0. The van der Waals surface area contributed by atoms with Gasteiger partial charge in [-0.1, -0.05) is 71.1 Å². The zero-order valence-electron chi connectivity index (χ0n) is 55.7. The Balaban J connectivity index is -0.00000111. The topological polar surface area (TPSA) is 87.3 Å². The van der Waals surface area contributed by atoms with Crippen molar-refractivity contribution in [3.05, 3.63) is 104 Å². The lowest BCUT2D eigenvalue weighted by Gasteiger charge is -2.25. The maximum absolute atomic E-state index is 12.9. The second-order valence-corrected chi connectivity index (χ2v) is 12.1. The molecule has 6 nitrogen and oxygen atoms in total. The molecule has 3 aromatic carbocycles. The van der Waals surface area contributed by atoms with Gasteiger partial charge >= 0.3 is 0 Å². The van der Waals surface area contributed by atoms with Gasteiger partial charge < -0.3 is 16.0 Å². The first-order chi connectivity index (χ1) is 33.7. The van der Waals surface area contributed by atoms with Crippen LogP contribution in [0.2, 0.25) is 15.1 Å². The van der Waals surface area contributed by atoms with E-state index in [9.17, 15) is 14.4 Å². The molecule has 0 aromatic heterocycles. The Morgan fingerprint density at radius 2 is 1.02 bits per heavy atom. The quantitative estimate of drug-likeness (QED) is 0.189. The first kappa shape index (κ1) is 16.2. The summed E-state index contributed by atoms with van der Waals surface area (Å²) >= 11 is 17.3. The third kappa shape index (κ3) is 17.7. The lowest BCUT2D eigenvalue weighted by molar-refractivity contribution is 0.0929. The molecule has 270 valence electrons. The van der Waals surface area contributed by atoms with E-state index in [-0.39, 0.29) is 19.9 Å². The number of hydrogen-bond acceptors (Lipinski definition) is 6. The number of benzene rings is 3. The van der Waals surface area contributed by atoms with Crippen LogP contribution in [-0.2, 0) is 0 Å². The number of halogens is 3. The van der Waals surface area contributed by atoms with E-state index < -0.39 is 158 Å². The van der Waals surface area contributed by atoms with E-state index in [0.717, 1.165) is 6.92 Å². The fourth-order valence-corrected chi connectivity index (χ4v) is 3.86. The molecule has 0 heterocycles. The Morgan fingerprint density at radius 1 is 0.646 bits per heavy atom. The van der Waals surface area contributed by atoms with Gasteiger partial charge in [0.1, 0.15) is 0 Å². The van der Waals surface area contributed by atoms with Crippen molar-refractivity contribution in [2.75, 3.05) is 0 Å². The number of carbonyl (C=O) groups is 3. The van der Waals surface area contributed by atoms with Crippen LogP contribution in [0.4, 0.5) is 0 Å². The van der Waals surface area contributed by atoms with Crippen molar-refractivity contribution in [1.82, 2.24) is 16.0 Å². The number of Topliss-reactive ketones (excluding diaryl/α,β-unsaturated/α-hetero) is 3. The maximum Gasteiger partial charge on any atom is 0.179 e. The smallest absolute Gasteiger partial charge is 0.179 e. The molecule has 9 heteroatoms. The normalized spacial score (nSPS) is 25.9. The number of hydrogen-bond donors (Lipinski definition) is 3. The minimum absolute atomic E-state index is 0. The molecule has 3 rings (SSSR count). The fraction of sp³-hybridized carbons (Fsp3) is 0.462. The predicted octanol–water partition coefficient (Wildman–Crippen LogP) is 10.6. The van der Waals surface area contributed by atoms with Crippen LogP contribution in [0.1, 0.15) is 158 Å². The summed E-state index contributed by atoms with van der Waals surface area (Å²) < 4.78 is 222. The van der Waals surface area contributed by atoms with Crippen LogP contribution >= 0.6 is 34.8 Å². The van der Waals surface area contributed by atoms with Crippen molar-refractivity contribution in [1.29, 1.82) is 0 Å². The summed E-state index contributed by atoms with van der Waals surface area (Å²) in [6, 6.07) is -7.43. The van der Waals surface area contributed by atoms with E-state index >= 15 is 0 Å². The zero-order chi connectivity index (χ0) is 61.8. The van der Waals surface area contributed by atoms with E-state index in [1.807, 2.05) is 5.32 Å². The van der Waals surface area contributed by atoms with Gasteiger partial charge in [-0.2, -0.15) is 0 Å². The molecule has 0 spiro atoms. The highest BCUT2D eigenvalue weighted by atomic mass is 35.5. The Bertz CT molecular complexity index is 2580. The molecule has 0 aliphatic carbocycles.